The molecule has 6 nitrogen and oxygen atoms in total. The van der Waals surface area contributed by atoms with Crippen LogP contribution in [0.5, 0.6) is 0 Å². The molecule has 1 aliphatic heterocycles. The number of fused-ring (bicyclic) bond motifs is 2. The summed E-state index contributed by atoms with van der Waals surface area (Å²) in [4.78, 5) is 4.38. The molecule has 1 N–H and O–H groups in total. The Balaban J connectivity index is 0.00000136. The Kier molecular flexibility index (Phi) is 10.3. The second kappa shape index (κ2) is 11.8. The van der Waals surface area contributed by atoms with Crippen molar-refractivity contribution in [2.45, 2.75) is 25.7 Å². The third-order valence-electron chi connectivity index (χ3n) is 5.56. The molecule has 1 saturated heterocycles. The van der Waals surface area contributed by atoms with E-state index < -0.39 is 0 Å². The van der Waals surface area contributed by atoms with Crippen LogP contribution in [0, 0.1) is 24.1 Å². The van der Waals surface area contributed by atoms with Gasteiger partial charge in [0.15, 0.2) is 5.65 Å². The topological polar surface area (TPSA) is 78.9 Å². The zero-order chi connectivity index (χ0) is 20.0. The van der Waals surface area contributed by atoms with Gasteiger partial charge in [0.1, 0.15) is 11.9 Å². The molecule has 0 atom stereocenters. The van der Waals surface area contributed by atoms with E-state index in [0.717, 1.165) is 42.9 Å². The summed E-state index contributed by atoms with van der Waals surface area (Å²) in [7, 11) is 0. The van der Waals surface area contributed by atoms with Gasteiger partial charge in [-0.05, 0) is 68.2 Å². The largest absolute Gasteiger partial charge is 0.317 e. The number of imidazole rings is 1. The summed E-state index contributed by atoms with van der Waals surface area (Å²) < 4.78 is 16.8. The van der Waals surface area contributed by atoms with Crippen molar-refractivity contribution in [2.75, 3.05) is 13.1 Å². The molecular formula is C22H23Cl4FN6. The smallest absolute Gasteiger partial charge is 0.155 e. The number of aromatic nitrogens is 4. The van der Waals surface area contributed by atoms with Gasteiger partial charge in [-0.1, -0.05) is 0 Å². The van der Waals surface area contributed by atoms with Gasteiger partial charge in [-0.3, -0.25) is 0 Å². The summed E-state index contributed by atoms with van der Waals surface area (Å²) in [6, 6.07) is 9.07. The number of aryl methyl sites for hydroxylation is 1. The predicted molar refractivity (Wildman–Crippen MR) is 137 cm³/mol. The number of benzene rings is 1. The Morgan fingerprint density at radius 1 is 1.00 bits per heavy atom. The van der Waals surface area contributed by atoms with E-state index in [4.69, 9.17) is 0 Å². The van der Waals surface area contributed by atoms with E-state index >= 15 is 4.39 Å². The van der Waals surface area contributed by atoms with Crippen molar-refractivity contribution in [1.82, 2.24) is 24.9 Å². The molecule has 0 bridgehead atoms. The van der Waals surface area contributed by atoms with Gasteiger partial charge in [0.2, 0.25) is 0 Å². The molecule has 1 aliphatic rings. The SMILES string of the molecule is Cc1cn2cc(-c3cc(F)c4cc(C5CCNCC5)nnc4c3)cc(C#N)c2n1.Cl.Cl.Cl.Cl. The first-order chi connectivity index (χ1) is 14.1. The number of piperidine rings is 1. The number of nitriles is 1. The van der Waals surface area contributed by atoms with Crippen molar-refractivity contribution in [1.29, 1.82) is 5.26 Å². The summed E-state index contributed by atoms with van der Waals surface area (Å²) >= 11 is 0. The highest BCUT2D eigenvalue weighted by molar-refractivity contribution is 5.86. The zero-order valence-corrected chi connectivity index (χ0v) is 20.9. The minimum absolute atomic E-state index is 0. The molecule has 0 amide bonds. The second-order valence-corrected chi connectivity index (χ2v) is 7.55. The van der Waals surface area contributed by atoms with Crippen molar-refractivity contribution < 1.29 is 4.39 Å². The van der Waals surface area contributed by atoms with Crippen LogP contribution in [0.2, 0.25) is 0 Å². The minimum atomic E-state index is -0.331. The summed E-state index contributed by atoms with van der Waals surface area (Å²) in [5, 5.41) is 22.0. The van der Waals surface area contributed by atoms with Crippen LogP contribution in [0.3, 0.4) is 0 Å². The van der Waals surface area contributed by atoms with Gasteiger partial charge >= 0.3 is 0 Å². The van der Waals surface area contributed by atoms with Gasteiger partial charge < -0.3 is 9.72 Å². The lowest BCUT2D eigenvalue weighted by Crippen LogP contribution is -2.27. The van der Waals surface area contributed by atoms with Crippen LogP contribution in [0.1, 0.15) is 35.7 Å². The van der Waals surface area contributed by atoms with Gasteiger partial charge in [0.25, 0.3) is 0 Å². The molecule has 0 saturated carbocycles. The maximum atomic E-state index is 15.0. The first-order valence-corrected chi connectivity index (χ1v) is 9.70. The first-order valence-electron chi connectivity index (χ1n) is 9.70. The van der Waals surface area contributed by atoms with Gasteiger partial charge in [-0.15, -0.1) is 49.6 Å². The molecule has 0 unspecified atom stereocenters. The molecule has 1 aromatic carbocycles. The standard InChI is InChI=1S/C22H19FN6.4ClH/c1-13-11-29-12-17(6-16(10-24)22(29)26-13)15-7-19(23)18-9-20(27-28-21(18)8-15)14-2-4-25-5-3-14;;;;/h6-9,11-12,14,25H,2-5H2,1H3;4*1H. The van der Waals surface area contributed by atoms with Crippen LogP contribution in [-0.2, 0) is 0 Å². The van der Waals surface area contributed by atoms with Gasteiger partial charge in [0, 0.05) is 23.7 Å². The third-order valence-corrected chi connectivity index (χ3v) is 5.56. The Labute approximate surface area is 215 Å². The summed E-state index contributed by atoms with van der Waals surface area (Å²) in [6.07, 6.45) is 5.68. The van der Waals surface area contributed by atoms with E-state index in [1.165, 1.54) is 6.07 Å². The average Bonchev–Trinajstić information content (AvgIpc) is 3.13. The van der Waals surface area contributed by atoms with Crippen molar-refractivity contribution in [3.63, 3.8) is 0 Å². The Hall–Kier alpha value is -2.21. The molecule has 0 aliphatic carbocycles. The normalized spacial score (nSPS) is 13.2. The van der Waals surface area contributed by atoms with E-state index in [2.05, 4.69) is 26.6 Å². The van der Waals surface area contributed by atoms with Gasteiger partial charge in [-0.2, -0.15) is 15.5 Å². The molecular weight excluding hydrogens is 509 g/mol. The molecule has 4 aromatic rings. The molecule has 3 aromatic heterocycles. The number of halogens is 5. The lowest BCUT2D eigenvalue weighted by molar-refractivity contribution is 0.451. The third kappa shape index (κ3) is 5.48. The fourth-order valence-corrected chi connectivity index (χ4v) is 4.06. The zero-order valence-electron chi connectivity index (χ0n) is 17.6. The molecule has 0 spiro atoms. The molecule has 11 heteroatoms. The lowest BCUT2D eigenvalue weighted by atomic mass is 9.93. The molecule has 176 valence electrons. The monoisotopic (exact) mass is 530 g/mol. The fraction of sp³-hybridized carbons (Fsp3) is 0.273. The minimum Gasteiger partial charge on any atom is -0.317 e. The van der Waals surface area contributed by atoms with Crippen LogP contribution in [0.15, 0.2) is 36.7 Å². The van der Waals surface area contributed by atoms with Crippen molar-refractivity contribution in [2.24, 2.45) is 0 Å². The second-order valence-electron chi connectivity index (χ2n) is 7.55. The van der Waals surface area contributed by atoms with Crippen LogP contribution in [-0.4, -0.2) is 32.7 Å². The Morgan fingerprint density at radius 3 is 2.42 bits per heavy atom. The van der Waals surface area contributed by atoms with Crippen LogP contribution >= 0.6 is 49.6 Å². The highest BCUT2D eigenvalue weighted by atomic mass is 35.5. The fourth-order valence-electron chi connectivity index (χ4n) is 4.06. The highest BCUT2D eigenvalue weighted by Gasteiger charge is 2.19. The maximum Gasteiger partial charge on any atom is 0.155 e. The predicted octanol–water partition coefficient (Wildman–Crippen LogP) is 5.42. The quantitative estimate of drug-likeness (QED) is 0.373. The van der Waals surface area contributed by atoms with Crippen LogP contribution < -0.4 is 5.32 Å². The first kappa shape index (κ1) is 28.8. The number of hydrogen-bond donors (Lipinski definition) is 1. The van der Waals surface area contributed by atoms with Crippen LogP contribution in [0.25, 0.3) is 27.7 Å². The summed E-state index contributed by atoms with van der Waals surface area (Å²) in [6.45, 7) is 3.77. The number of rotatable bonds is 2. The van der Waals surface area contributed by atoms with E-state index in [1.807, 2.05) is 31.5 Å². The van der Waals surface area contributed by atoms with Crippen molar-refractivity contribution in [3.8, 4) is 17.2 Å². The number of pyridine rings is 1. The van der Waals surface area contributed by atoms with E-state index in [1.54, 1.807) is 10.5 Å². The number of nitrogens with one attached hydrogen (secondary N) is 1. The number of nitrogens with zero attached hydrogens (tertiary/aromatic N) is 5. The molecule has 5 rings (SSSR count). The van der Waals surface area contributed by atoms with Gasteiger partial charge in [-0.25, -0.2) is 9.37 Å². The summed E-state index contributed by atoms with van der Waals surface area (Å²) in [5.41, 5.74) is 4.62. The molecule has 1 fully saturated rings. The average molecular weight is 532 g/mol. The van der Waals surface area contributed by atoms with Gasteiger partial charge in [0.05, 0.1) is 22.5 Å². The molecule has 4 heterocycles. The highest BCUT2D eigenvalue weighted by Crippen LogP contribution is 2.30. The van der Waals surface area contributed by atoms with Crippen molar-refractivity contribution >= 4 is 66.2 Å². The van der Waals surface area contributed by atoms with E-state index in [9.17, 15) is 5.26 Å². The lowest BCUT2D eigenvalue weighted by Gasteiger charge is -2.21. The van der Waals surface area contributed by atoms with E-state index in [0.29, 0.717) is 33.6 Å². The van der Waals surface area contributed by atoms with Crippen LogP contribution in [0.4, 0.5) is 4.39 Å². The number of hydrogen-bond acceptors (Lipinski definition) is 5. The molecule has 33 heavy (non-hydrogen) atoms. The molecule has 0 radical (unpaired) electrons. The summed E-state index contributed by atoms with van der Waals surface area (Å²) in [5.74, 6) is -0.0136. The Morgan fingerprint density at radius 2 is 1.73 bits per heavy atom. The van der Waals surface area contributed by atoms with E-state index in [-0.39, 0.29) is 55.4 Å². The van der Waals surface area contributed by atoms with Crippen molar-refractivity contribution in [3.05, 3.63) is 59.4 Å². The Bertz CT molecular complexity index is 1300. The maximum absolute atomic E-state index is 15.0.